The van der Waals surface area contributed by atoms with Crippen molar-refractivity contribution in [1.29, 1.82) is 0 Å². The number of benzene rings is 15. The molecule has 27 rings (SSSR count). The third-order valence-electron chi connectivity index (χ3n) is 31.7. The van der Waals surface area contributed by atoms with Gasteiger partial charge in [-0.25, -0.2) is 22.8 Å². The van der Waals surface area contributed by atoms with Gasteiger partial charge in [-0.3, -0.25) is 0 Å². The van der Waals surface area contributed by atoms with Gasteiger partial charge in [0.05, 0.1) is 27.8 Å². The largest absolute Gasteiger partial charge is 0.455 e. The highest BCUT2D eigenvalue weighted by atomic mass is 16.3. The maximum Gasteiger partial charge on any atom is 0.216 e. The Hall–Kier alpha value is -15.7. The molecular weight excluding hydrogens is 1780 g/mol. The van der Waals surface area contributed by atoms with Crippen molar-refractivity contribution in [3.63, 3.8) is 0 Å². The summed E-state index contributed by atoms with van der Waals surface area (Å²) in [5.41, 5.74) is 37.3. The smallest absolute Gasteiger partial charge is 0.216 e. The van der Waals surface area contributed by atoms with E-state index in [0.717, 1.165) is 74.1 Å². The molecule has 146 heavy (non-hydrogen) atoms. The maximum atomic E-state index is 6.56. The number of furan rings is 5. The molecule has 0 radical (unpaired) electrons. The highest BCUT2D eigenvalue weighted by molar-refractivity contribution is 6.19. The number of hydrogen-bond acceptors (Lipinski definition) is 5. The molecule has 0 aliphatic heterocycles. The highest BCUT2D eigenvalue weighted by Gasteiger charge is 2.31. The molecule has 0 amide bonds. The molecule has 25 aromatic rings. The molecule has 0 atom stereocenters. The maximum absolute atomic E-state index is 6.56. The first-order valence-electron chi connectivity index (χ1n) is 52.6. The molecule has 10 aromatic heterocycles. The van der Waals surface area contributed by atoms with Crippen LogP contribution < -0.4 is 22.8 Å². The molecule has 2 aliphatic carbocycles. The summed E-state index contributed by atoms with van der Waals surface area (Å²) in [5.74, 6) is 2.31. The van der Waals surface area contributed by atoms with Crippen LogP contribution in [0.25, 0.3) is 220 Å². The lowest BCUT2D eigenvalue weighted by Crippen LogP contribution is -2.31. The van der Waals surface area contributed by atoms with Crippen LogP contribution in [0.3, 0.4) is 0 Å². The number of rotatable bonds is 11. The van der Waals surface area contributed by atoms with Crippen molar-refractivity contribution in [3.8, 4) is 56.3 Å². The third kappa shape index (κ3) is 17.8. The normalized spacial score (nSPS) is 13.2. The van der Waals surface area contributed by atoms with Crippen LogP contribution in [-0.4, -0.2) is 0 Å². The average Bonchev–Trinajstić information content (AvgIpc) is 1.56. The molecule has 10 nitrogen and oxygen atoms in total. The van der Waals surface area contributed by atoms with Crippen LogP contribution in [0.2, 0.25) is 0 Å². The van der Waals surface area contributed by atoms with Gasteiger partial charge in [0.1, 0.15) is 91.1 Å². The van der Waals surface area contributed by atoms with Gasteiger partial charge in [0.25, 0.3) is 0 Å². The van der Waals surface area contributed by atoms with Crippen LogP contribution in [0.5, 0.6) is 0 Å². The Balaban J connectivity index is 0.000000101. The second kappa shape index (κ2) is 38.8. The van der Waals surface area contributed by atoms with Crippen LogP contribution >= 0.6 is 0 Å². The van der Waals surface area contributed by atoms with Gasteiger partial charge >= 0.3 is 0 Å². The van der Waals surface area contributed by atoms with E-state index in [0.29, 0.717) is 5.92 Å². The van der Waals surface area contributed by atoms with Gasteiger partial charge in [0.2, 0.25) is 28.5 Å². The lowest BCUT2D eigenvalue weighted by molar-refractivity contribution is -0.660. The van der Waals surface area contributed by atoms with E-state index in [9.17, 15) is 0 Å². The molecule has 10 heteroatoms. The Morgan fingerprint density at radius 1 is 0.240 bits per heavy atom. The summed E-state index contributed by atoms with van der Waals surface area (Å²) in [7, 11) is 10.6. The van der Waals surface area contributed by atoms with Gasteiger partial charge in [-0.1, -0.05) is 248 Å². The van der Waals surface area contributed by atoms with E-state index in [1.165, 1.54) is 301 Å². The standard InChI is InChI=1S/C30H30NO.C29H28NO.C27H26NO.C26H24NO.C24H20NO/c1-20-12-13-25-26-18-23-10-6-7-11-24(23)19-28(26)32-30(25)29(20)27-17-22(14-15-31(27)2)16-21-8-4-3-5-9-21;1-19-11-12-24-25-17-22-9-5-6-10-23(22)18-27(25)31-29(24)28(19)26-16-21(13-14-30(26)2)15-20-7-3-4-8-20;1-17(2)13-19-11-12-28(4)24(14-19)26-18(3)9-10-22-23-15-20-7-5-6-8-21(20)16-25(23)29-27(22)26;1-15-11-22(27(5)14-18(15)4)25-17(3)10-16(2)24-21-12-19-8-6-7-9-20(19)13-23(21)28-26(24)25;1-15-10-11-25(3)21(12-15)23-16(2)8-9-19-20-13-17-6-4-5-7-18(17)14-22(20)26-24(19)23/h6-7,10-15,17-19,21H,3-5,8-9,16H2,1-2H3;5-6,9-14,16-18,20H,3-4,7-8,15H2,1-2H3;5-12,14-17H,13H2,1-4H3;6-14H,1-5H3;4-14H,1-3H3/q5*+1. The SMILES string of the molecule is Cc1cc(-c2c(C)cc(C)c3c2oc2cc4ccccc4cc23)[n+](C)cc1C.Cc1cc[n+](C)c(-c2c(C)ccc3c2oc2cc4ccccc4cc23)c1.Cc1ccc2c(oc3cc4ccccc4cc32)c1-c1cc(CC(C)C)cc[n+]1C.Cc1ccc2c(oc3cc4ccccc4cc32)c1-c1cc(CC2CCCC2)cc[n+]1C.Cc1ccc2c(oc3cc4ccccc4cc32)c1-c1cc(CC2CCCCC2)cc[n+]1C. The second-order valence-corrected chi connectivity index (χ2v) is 42.7. The fourth-order valence-corrected chi connectivity index (χ4v) is 23.8. The zero-order valence-electron chi connectivity index (χ0n) is 87.1. The summed E-state index contributed by atoms with van der Waals surface area (Å²) in [6.07, 6.45) is 26.9. The number of aromatic nitrogens is 5. The Morgan fingerprint density at radius 3 is 0.884 bits per heavy atom. The molecule has 15 aromatic carbocycles. The Kier molecular flexibility index (Phi) is 25.0. The zero-order valence-corrected chi connectivity index (χ0v) is 87.1. The Labute approximate surface area is 854 Å². The quantitative estimate of drug-likeness (QED) is 0.120. The van der Waals surface area contributed by atoms with Crippen molar-refractivity contribution in [1.82, 2.24) is 0 Å². The minimum Gasteiger partial charge on any atom is -0.455 e. The fourth-order valence-electron chi connectivity index (χ4n) is 23.8. The van der Waals surface area contributed by atoms with Gasteiger partial charge in [0, 0.05) is 114 Å². The summed E-state index contributed by atoms with van der Waals surface area (Å²) in [4.78, 5) is 0. The first kappa shape index (κ1) is 94.0. The van der Waals surface area contributed by atoms with Gasteiger partial charge < -0.3 is 22.1 Å². The van der Waals surface area contributed by atoms with Crippen molar-refractivity contribution in [2.24, 2.45) is 53.0 Å². The summed E-state index contributed by atoms with van der Waals surface area (Å²) in [6.45, 7) is 24.1. The van der Waals surface area contributed by atoms with Gasteiger partial charge in [-0.15, -0.1) is 0 Å². The summed E-state index contributed by atoms with van der Waals surface area (Å²) in [5, 5.41) is 24.2. The van der Waals surface area contributed by atoms with Crippen LogP contribution in [-0.2, 0) is 54.5 Å². The predicted octanol–water partition coefficient (Wildman–Crippen LogP) is 34.0. The van der Waals surface area contributed by atoms with Gasteiger partial charge in [-0.2, -0.15) is 0 Å². The molecule has 0 N–H and O–H groups in total. The van der Waals surface area contributed by atoms with E-state index in [1.807, 2.05) is 0 Å². The molecule has 2 fully saturated rings. The first-order chi connectivity index (χ1) is 70.9. The van der Waals surface area contributed by atoms with Crippen molar-refractivity contribution < 1.29 is 44.9 Å². The van der Waals surface area contributed by atoms with E-state index >= 15 is 0 Å². The van der Waals surface area contributed by atoms with E-state index in [1.54, 1.807) is 0 Å². The average molecular weight is 1910 g/mol. The molecule has 0 spiro atoms. The van der Waals surface area contributed by atoms with Crippen molar-refractivity contribution >= 4 is 164 Å². The van der Waals surface area contributed by atoms with Crippen LogP contribution in [0.4, 0.5) is 0 Å². The van der Waals surface area contributed by atoms with Crippen molar-refractivity contribution in [3.05, 3.63) is 389 Å². The number of aryl methyl sites for hydroxylation is 14. The summed E-state index contributed by atoms with van der Waals surface area (Å²) in [6, 6.07) is 105. The van der Waals surface area contributed by atoms with Gasteiger partial charge in [0.15, 0.2) is 31.0 Å². The Bertz CT molecular complexity index is 9510. The predicted molar refractivity (Wildman–Crippen MR) is 606 cm³/mol. The molecule has 722 valence electrons. The second-order valence-electron chi connectivity index (χ2n) is 42.7. The van der Waals surface area contributed by atoms with Gasteiger partial charge in [-0.05, 0) is 275 Å². The van der Waals surface area contributed by atoms with Crippen LogP contribution in [0.15, 0.2) is 344 Å². The summed E-state index contributed by atoms with van der Waals surface area (Å²) >= 11 is 0. The number of pyridine rings is 5. The van der Waals surface area contributed by atoms with Crippen LogP contribution in [0, 0.1) is 80.1 Å². The lowest BCUT2D eigenvalue weighted by Gasteiger charge is -2.21. The molecule has 0 bridgehead atoms. The van der Waals surface area contributed by atoms with E-state index in [4.69, 9.17) is 22.1 Å². The van der Waals surface area contributed by atoms with Crippen molar-refractivity contribution in [2.45, 2.75) is 153 Å². The number of fused-ring (bicyclic) bond motifs is 20. The molecule has 10 heterocycles. The van der Waals surface area contributed by atoms with Crippen LogP contribution in [0.1, 0.15) is 138 Å². The summed E-state index contributed by atoms with van der Waals surface area (Å²) < 4.78 is 43.6. The zero-order chi connectivity index (χ0) is 100. The third-order valence-corrected chi connectivity index (χ3v) is 31.7. The number of hydrogen-bond donors (Lipinski definition) is 0. The van der Waals surface area contributed by atoms with E-state index < -0.39 is 0 Å². The Morgan fingerprint density at radius 2 is 0.527 bits per heavy atom. The molecular formula is C136H128N5O5+5. The minimum absolute atomic E-state index is 0.631. The minimum atomic E-state index is 0.631. The molecule has 2 saturated carbocycles. The van der Waals surface area contributed by atoms with Crippen molar-refractivity contribution in [2.75, 3.05) is 0 Å². The lowest BCUT2D eigenvalue weighted by atomic mass is 9.85. The van der Waals surface area contributed by atoms with E-state index in [2.05, 4.69) is 456 Å². The number of nitrogens with zero attached hydrogens (tertiary/aromatic N) is 5. The first-order valence-corrected chi connectivity index (χ1v) is 52.6. The molecule has 0 unspecified atom stereocenters. The highest BCUT2D eigenvalue weighted by Crippen LogP contribution is 2.47. The monoisotopic (exact) mass is 1910 g/mol. The topological polar surface area (TPSA) is 85.1 Å². The molecule has 2 aliphatic rings. The fraction of sp³-hybridized carbons (Fsp3) is 0.228. The molecule has 0 saturated heterocycles. The van der Waals surface area contributed by atoms with E-state index in [-0.39, 0.29) is 0 Å².